The maximum absolute atomic E-state index is 12.4. The van der Waals surface area contributed by atoms with Gasteiger partial charge in [0.2, 0.25) is 11.8 Å². The van der Waals surface area contributed by atoms with Crippen molar-refractivity contribution in [2.24, 2.45) is 11.8 Å². The Morgan fingerprint density at radius 1 is 1.10 bits per heavy atom. The molecular formula is C23H36N4O3. The number of carbonyl (C=O) groups excluding carboxylic acids is 3. The van der Waals surface area contributed by atoms with Crippen molar-refractivity contribution in [3.8, 4) is 0 Å². The van der Waals surface area contributed by atoms with E-state index in [0.717, 1.165) is 5.56 Å². The number of urea groups is 1. The standard InChI is InChI=1S/C23H36N4O3/c1-17(2)18(3)25-22(29)20-11-14-27(15-12-20)21(28)10-13-24-23(30)26(4)16-19-8-6-5-7-9-19/h5-9,17-18,20H,10-16H2,1-4H3,(H,24,30)(H,25,29). The Morgan fingerprint density at radius 2 is 1.73 bits per heavy atom. The molecular weight excluding hydrogens is 380 g/mol. The molecule has 1 atom stereocenters. The Labute approximate surface area is 180 Å². The zero-order valence-electron chi connectivity index (χ0n) is 18.7. The SMILES string of the molecule is CC(C)C(C)NC(=O)C1CCN(C(=O)CCNC(=O)N(C)Cc2ccccc2)CC1. The van der Waals surface area contributed by atoms with Gasteiger partial charge in [-0.3, -0.25) is 9.59 Å². The Bertz CT molecular complexity index is 700. The Hall–Kier alpha value is -2.57. The topological polar surface area (TPSA) is 81.8 Å². The van der Waals surface area contributed by atoms with E-state index in [1.807, 2.05) is 37.3 Å². The molecule has 1 aliphatic rings. The fourth-order valence-corrected chi connectivity index (χ4v) is 3.40. The normalized spacial score (nSPS) is 15.6. The second kappa shape index (κ2) is 11.6. The van der Waals surface area contributed by atoms with E-state index in [4.69, 9.17) is 0 Å². The maximum atomic E-state index is 12.4. The molecule has 2 N–H and O–H groups in total. The van der Waals surface area contributed by atoms with E-state index in [9.17, 15) is 14.4 Å². The molecule has 2 rings (SSSR count). The average Bonchev–Trinajstić information content (AvgIpc) is 2.74. The van der Waals surface area contributed by atoms with Gasteiger partial charge in [0.05, 0.1) is 0 Å². The molecule has 0 spiro atoms. The van der Waals surface area contributed by atoms with Gasteiger partial charge in [0, 0.05) is 51.6 Å². The van der Waals surface area contributed by atoms with Gasteiger partial charge in [0.15, 0.2) is 0 Å². The van der Waals surface area contributed by atoms with Gasteiger partial charge in [-0.2, -0.15) is 0 Å². The monoisotopic (exact) mass is 416 g/mol. The van der Waals surface area contributed by atoms with Gasteiger partial charge >= 0.3 is 6.03 Å². The summed E-state index contributed by atoms with van der Waals surface area (Å²) in [5.41, 5.74) is 1.06. The van der Waals surface area contributed by atoms with Crippen molar-refractivity contribution in [1.82, 2.24) is 20.4 Å². The second-order valence-electron chi connectivity index (χ2n) is 8.52. The first-order valence-electron chi connectivity index (χ1n) is 10.9. The van der Waals surface area contributed by atoms with Crippen LogP contribution in [-0.2, 0) is 16.1 Å². The number of hydrogen-bond donors (Lipinski definition) is 2. The molecule has 166 valence electrons. The van der Waals surface area contributed by atoms with E-state index in [0.29, 0.717) is 44.9 Å². The molecule has 0 aromatic heterocycles. The second-order valence-corrected chi connectivity index (χ2v) is 8.52. The Kier molecular flexibility index (Phi) is 9.15. The van der Waals surface area contributed by atoms with Gasteiger partial charge in [-0.25, -0.2) is 4.79 Å². The molecule has 0 bridgehead atoms. The third-order valence-corrected chi connectivity index (χ3v) is 5.81. The van der Waals surface area contributed by atoms with E-state index >= 15 is 0 Å². The van der Waals surface area contributed by atoms with Crippen molar-refractivity contribution in [3.63, 3.8) is 0 Å². The fourth-order valence-electron chi connectivity index (χ4n) is 3.40. The van der Waals surface area contributed by atoms with Crippen molar-refractivity contribution < 1.29 is 14.4 Å². The number of piperidine rings is 1. The molecule has 4 amide bonds. The molecule has 7 nitrogen and oxygen atoms in total. The molecule has 0 radical (unpaired) electrons. The number of nitrogens with zero attached hydrogens (tertiary/aromatic N) is 2. The van der Waals surface area contributed by atoms with Crippen LogP contribution in [0, 0.1) is 11.8 Å². The molecule has 1 heterocycles. The predicted molar refractivity (Wildman–Crippen MR) is 118 cm³/mol. The first kappa shape index (κ1) is 23.7. The predicted octanol–water partition coefficient (Wildman–Crippen LogP) is 2.62. The van der Waals surface area contributed by atoms with Gasteiger partial charge in [0.25, 0.3) is 0 Å². The van der Waals surface area contributed by atoms with E-state index in [-0.39, 0.29) is 36.2 Å². The summed E-state index contributed by atoms with van der Waals surface area (Å²) in [7, 11) is 1.74. The number of amides is 4. The van der Waals surface area contributed by atoms with Crippen molar-refractivity contribution >= 4 is 17.8 Å². The number of nitrogens with one attached hydrogen (secondary N) is 2. The third-order valence-electron chi connectivity index (χ3n) is 5.81. The van der Waals surface area contributed by atoms with Crippen LogP contribution in [0.3, 0.4) is 0 Å². The molecule has 1 aromatic carbocycles. The lowest BCUT2D eigenvalue weighted by Gasteiger charge is -2.32. The lowest BCUT2D eigenvalue weighted by atomic mass is 9.94. The molecule has 30 heavy (non-hydrogen) atoms. The maximum Gasteiger partial charge on any atom is 0.317 e. The molecule has 1 fully saturated rings. The molecule has 1 unspecified atom stereocenters. The molecule has 7 heteroatoms. The summed E-state index contributed by atoms with van der Waals surface area (Å²) < 4.78 is 0. The van der Waals surface area contributed by atoms with Crippen molar-refractivity contribution in [2.75, 3.05) is 26.7 Å². The zero-order valence-corrected chi connectivity index (χ0v) is 18.7. The average molecular weight is 417 g/mol. The Balaban J connectivity index is 1.66. The number of likely N-dealkylation sites (tertiary alicyclic amines) is 1. The van der Waals surface area contributed by atoms with Crippen LogP contribution in [0.2, 0.25) is 0 Å². The van der Waals surface area contributed by atoms with Crippen LogP contribution in [0.5, 0.6) is 0 Å². The van der Waals surface area contributed by atoms with Gasteiger partial charge in [-0.15, -0.1) is 0 Å². The fraction of sp³-hybridized carbons (Fsp3) is 0.609. The van der Waals surface area contributed by atoms with E-state index in [1.165, 1.54) is 0 Å². The number of rotatable bonds is 8. The smallest absolute Gasteiger partial charge is 0.317 e. The van der Waals surface area contributed by atoms with Gasteiger partial charge in [0.1, 0.15) is 0 Å². The highest BCUT2D eigenvalue weighted by atomic mass is 16.2. The number of carbonyl (C=O) groups is 3. The number of benzene rings is 1. The summed E-state index contributed by atoms with van der Waals surface area (Å²) >= 11 is 0. The molecule has 1 saturated heterocycles. The van der Waals surface area contributed by atoms with Crippen molar-refractivity contribution in [3.05, 3.63) is 35.9 Å². The minimum Gasteiger partial charge on any atom is -0.353 e. The largest absolute Gasteiger partial charge is 0.353 e. The van der Waals surface area contributed by atoms with Crippen LogP contribution in [0.25, 0.3) is 0 Å². The lowest BCUT2D eigenvalue weighted by Crippen LogP contribution is -2.46. The zero-order chi connectivity index (χ0) is 22.1. The van der Waals surface area contributed by atoms with Crippen molar-refractivity contribution in [2.45, 2.75) is 52.6 Å². The first-order chi connectivity index (χ1) is 14.3. The summed E-state index contributed by atoms with van der Waals surface area (Å²) in [4.78, 5) is 40.4. The van der Waals surface area contributed by atoms with Gasteiger partial charge in [-0.05, 0) is 31.2 Å². The molecule has 1 aromatic rings. The van der Waals surface area contributed by atoms with Crippen molar-refractivity contribution in [1.29, 1.82) is 0 Å². The highest BCUT2D eigenvalue weighted by molar-refractivity contribution is 5.81. The van der Waals surface area contributed by atoms with Crippen LogP contribution in [0.15, 0.2) is 30.3 Å². The summed E-state index contributed by atoms with van der Waals surface area (Å²) in [5, 5.41) is 5.88. The summed E-state index contributed by atoms with van der Waals surface area (Å²) in [6.07, 6.45) is 1.65. The molecule has 1 aliphatic heterocycles. The van der Waals surface area contributed by atoms with Gasteiger partial charge in [-0.1, -0.05) is 44.2 Å². The minimum absolute atomic E-state index is 0.0235. The summed E-state index contributed by atoms with van der Waals surface area (Å²) in [6.45, 7) is 8.21. The van der Waals surface area contributed by atoms with Crippen LogP contribution in [0.1, 0.15) is 45.6 Å². The van der Waals surface area contributed by atoms with E-state index in [2.05, 4.69) is 24.5 Å². The minimum atomic E-state index is -0.193. The highest BCUT2D eigenvalue weighted by Gasteiger charge is 2.28. The summed E-state index contributed by atoms with van der Waals surface area (Å²) in [6, 6.07) is 9.73. The first-order valence-corrected chi connectivity index (χ1v) is 10.9. The van der Waals surface area contributed by atoms with Crippen LogP contribution < -0.4 is 10.6 Å². The number of hydrogen-bond acceptors (Lipinski definition) is 3. The van der Waals surface area contributed by atoms with Crippen LogP contribution in [0.4, 0.5) is 4.79 Å². The van der Waals surface area contributed by atoms with Crippen LogP contribution >= 0.6 is 0 Å². The van der Waals surface area contributed by atoms with Crippen LogP contribution in [-0.4, -0.2) is 60.4 Å². The quantitative estimate of drug-likeness (QED) is 0.683. The molecule has 0 aliphatic carbocycles. The highest BCUT2D eigenvalue weighted by Crippen LogP contribution is 2.18. The molecule has 0 saturated carbocycles. The van der Waals surface area contributed by atoms with E-state index in [1.54, 1.807) is 16.8 Å². The lowest BCUT2D eigenvalue weighted by molar-refractivity contribution is -0.135. The Morgan fingerprint density at radius 3 is 2.33 bits per heavy atom. The summed E-state index contributed by atoms with van der Waals surface area (Å²) in [5.74, 6) is 0.492. The van der Waals surface area contributed by atoms with Gasteiger partial charge < -0.3 is 20.4 Å². The van der Waals surface area contributed by atoms with E-state index < -0.39 is 0 Å². The third kappa shape index (κ3) is 7.35.